The van der Waals surface area contributed by atoms with E-state index in [4.69, 9.17) is 5.11 Å². The molecule has 1 amide bonds. The second-order valence-corrected chi connectivity index (χ2v) is 4.56. The van der Waals surface area contributed by atoms with E-state index in [2.05, 4.69) is 15.1 Å². The Kier molecular flexibility index (Phi) is 3.94. The van der Waals surface area contributed by atoms with Gasteiger partial charge in [0.1, 0.15) is 0 Å². The van der Waals surface area contributed by atoms with Crippen LogP contribution in [0.1, 0.15) is 12.8 Å². The van der Waals surface area contributed by atoms with Gasteiger partial charge < -0.3 is 14.9 Å². The number of carboxylic acid groups (broad SMARTS) is 1. The van der Waals surface area contributed by atoms with Gasteiger partial charge in [0.15, 0.2) is 5.82 Å². The molecular weight excluding hydrogens is 248 g/mol. The van der Waals surface area contributed by atoms with Crippen molar-refractivity contribution < 1.29 is 14.7 Å². The number of carbonyl (C=O) groups is 2. The van der Waals surface area contributed by atoms with E-state index in [1.54, 1.807) is 6.20 Å². The Morgan fingerprint density at radius 1 is 1.58 bits per heavy atom. The highest BCUT2D eigenvalue weighted by Gasteiger charge is 2.29. The van der Waals surface area contributed by atoms with Crippen molar-refractivity contribution in [3.05, 3.63) is 18.3 Å². The van der Waals surface area contributed by atoms with Crippen LogP contribution in [0.2, 0.25) is 0 Å². The molecule has 2 heterocycles. The van der Waals surface area contributed by atoms with E-state index in [0.29, 0.717) is 6.54 Å². The number of carboxylic acids is 1. The monoisotopic (exact) mass is 264 g/mol. The molecule has 0 aromatic carbocycles. The van der Waals surface area contributed by atoms with Crippen molar-refractivity contribution in [1.29, 1.82) is 0 Å². The summed E-state index contributed by atoms with van der Waals surface area (Å²) < 4.78 is 0. The molecule has 1 unspecified atom stereocenters. The highest BCUT2D eigenvalue weighted by molar-refractivity contribution is 6.31. The number of carbonyl (C=O) groups excluding carboxylic acids is 1. The van der Waals surface area contributed by atoms with Gasteiger partial charge in [0, 0.05) is 32.4 Å². The standard InChI is InChI=1S/C12H16N4O3/c1-15(11(17)12(18)19)8-9-4-3-7-16(9)10-5-2-6-13-14-10/h2,5-6,9H,3-4,7-8H2,1H3,(H,18,19). The largest absolute Gasteiger partial charge is 0.474 e. The first kappa shape index (κ1) is 13.3. The van der Waals surface area contributed by atoms with Crippen LogP contribution in [-0.2, 0) is 9.59 Å². The van der Waals surface area contributed by atoms with Crippen molar-refractivity contribution in [1.82, 2.24) is 15.1 Å². The maximum atomic E-state index is 11.4. The second-order valence-electron chi connectivity index (χ2n) is 4.56. The molecule has 1 atom stereocenters. The third kappa shape index (κ3) is 2.98. The second kappa shape index (κ2) is 5.64. The molecule has 0 spiro atoms. The molecule has 0 saturated carbocycles. The highest BCUT2D eigenvalue weighted by atomic mass is 16.4. The molecule has 7 heteroatoms. The van der Waals surface area contributed by atoms with Crippen LogP contribution < -0.4 is 4.90 Å². The maximum absolute atomic E-state index is 11.4. The minimum absolute atomic E-state index is 0.0880. The van der Waals surface area contributed by atoms with Crippen LogP contribution in [0.25, 0.3) is 0 Å². The Bertz CT molecular complexity index is 465. The van der Waals surface area contributed by atoms with Crippen LogP contribution in [0, 0.1) is 0 Å². The molecule has 1 aromatic heterocycles. The molecule has 1 aliphatic heterocycles. The van der Waals surface area contributed by atoms with Crippen LogP contribution in [0.15, 0.2) is 18.3 Å². The molecule has 0 aliphatic carbocycles. The van der Waals surface area contributed by atoms with E-state index in [0.717, 1.165) is 25.2 Å². The molecule has 1 aliphatic rings. The lowest BCUT2D eigenvalue weighted by molar-refractivity contribution is -0.155. The van der Waals surface area contributed by atoms with Crippen molar-refractivity contribution in [3.63, 3.8) is 0 Å². The first-order chi connectivity index (χ1) is 9.09. The molecule has 19 heavy (non-hydrogen) atoms. The fourth-order valence-corrected chi connectivity index (χ4v) is 2.34. The summed E-state index contributed by atoms with van der Waals surface area (Å²) in [4.78, 5) is 25.3. The lowest BCUT2D eigenvalue weighted by Crippen LogP contribution is -2.43. The third-order valence-electron chi connectivity index (χ3n) is 3.24. The van der Waals surface area contributed by atoms with E-state index in [9.17, 15) is 9.59 Å². The number of rotatable bonds is 3. The van der Waals surface area contributed by atoms with Crippen LogP contribution in [0.3, 0.4) is 0 Å². The average Bonchev–Trinajstić information content (AvgIpc) is 2.86. The predicted molar refractivity (Wildman–Crippen MR) is 67.7 cm³/mol. The van der Waals surface area contributed by atoms with Gasteiger partial charge in [-0.05, 0) is 25.0 Å². The quantitative estimate of drug-likeness (QED) is 0.773. The highest BCUT2D eigenvalue weighted by Crippen LogP contribution is 2.23. The summed E-state index contributed by atoms with van der Waals surface area (Å²) in [5.41, 5.74) is 0. The number of likely N-dealkylation sites (N-methyl/N-ethyl adjacent to an activating group) is 1. The van der Waals surface area contributed by atoms with E-state index in [-0.39, 0.29) is 6.04 Å². The van der Waals surface area contributed by atoms with Gasteiger partial charge in [0.05, 0.1) is 0 Å². The van der Waals surface area contributed by atoms with Crippen molar-refractivity contribution in [3.8, 4) is 0 Å². The van der Waals surface area contributed by atoms with E-state index < -0.39 is 11.9 Å². The molecule has 1 aromatic rings. The average molecular weight is 264 g/mol. The summed E-state index contributed by atoms with van der Waals surface area (Å²) in [5.74, 6) is -1.54. The summed E-state index contributed by atoms with van der Waals surface area (Å²) in [6.45, 7) is 1.22. The zero-order chi connectivity index (χ0) is 13.8. The number of aromatic nitrogens is 2. The Hall–Kier alpha value is -2.18. The molecule has 7 nitrogen and oxygen atoms in total. The van der Waals surface area contributed by atoms with E-state index in [1.807, 2.05) is 12.1 Å². The molecule has 102 valence electrons. The van der Waals surface area contributed by atoms with Crippen molar-refractivity contribution >= 4 is 17.7 Å². The van der Waals surface area contributed by atoms with Crippen molar-refractivity contribution in [2.45, 2.75) is 18.9 Å². The first-order valence-electron chi connectivity index (χ1n) is 6.12. The fraction of sp³-hybridized carbons (Fsp3) is 0.500. The van der Waals surface area contributed by atoms with Crippen molar-refractivity contribution in [2.75, 3.05) is 25.0 Å². The minimum Gasteiger partial charge on any atom is -0.474 e. The summed E-state index contributed by atoms with van der Waals surface area (Å²) in [7, 11) is 1.50. The predicted octanol–water partition coefficient (Wildman–Crippen LogP) is -0.0116. The van der Waals surface area contributed by atoms with E-state index >= 15 is 0 Å². The molecule has 0 radical (unpaired) electrons. The Morgan fingerprint density at radius 2 is 2.37 bits per heavy atom. The number of anilines is 1. The molecule has 1 saturated heterocycles. The number of aliphatic carboxylic acids is 1. The fourth-order valence-electron chi connectivity index (χ4n) is 2.34. The summed E-state index contributed by atoms with van der Waals surface area (Å²) in [6.07, 6.45) is 3.51. The van der Waals surface area contributed by atoms with Gasteiger partial charge in [-0.1, -0.05) is 0 Å². The maximum Gasteiger partial charge on any atom is 0.394 e. The van der Waals surface area contributed by atoms with Gasteiger partial charge in [-0.15, -0.1) is 5.10 Å². The summed E-state index contributed by atoms with van der Waals surface area (Å²) in [6, 6.07) is 3.76. The lowest BCUT2D eigenvalue weighted by Gasteiger charge is -2.28. The van der Waals surface area contributed by atoms with Gasteiger partial charge in [-0.25, -0.2) is 4.79 Å². The molecule has 0 bridgehead atoms. The van der Waals surface area contributed by atoms with Gasteiger partial charge >= 0.3 is 11.9 Å². The number of amides is 1. The Morgan fingerprint density at radius 3 is 3.00 bits per heavy atom. The van der Waals surface area contributed by atoms with Gasteiger partial charge in [-0.2, -0.15) is 5.10 Å². The Balaban J connectivity index is 2.04. The van der Waals surface area contributed by atoms with Crippen LogP contribution >= 0.6 is 0 Å². The van der Waals surface area contributed by atoms with Gasteiger partial charge in [0.2, 0.25) is 0 Å². The lowest BCUT2D eigenvalue weighted by atomic mass is 10.2. The Labute approximate surface area is 110 Å². The van der Waals surface area contributed by atoms with Gasteiger partial charge in [-0.3, -0.25) is 4.79 Å². The number of nitrogens with zero attached hydrogens (tertiary/aromatic N) is 4. The zero-order valence-corrected chi connectivity index (χ0v) is 10.7. The molecule has 2 rings (SSSR count). The molecular formula is C12H16N4O3. The van der Waals surface area contributed by atoms with Crippen LogP contribution in [0.5, 0.6) is 0 Å². The third-order valence-corrected chi connectivity index (χ3v) is 3.24. The normalized spacial score (nSPS) is 18.4. The van der Waals surface area contributed by atoms with E-state index in [1.165, 1.54) is 11.9 Å². The van der Waals surface area contributed by atoms with Gasteiger partial charge in [0.25, 0.3) is 0 Å². The van der Waals surface area contributed by atoms with Crippen LogP contribution in [-0.4, -0.2) is 58.3 Å². The zero-order valence-electron chi connectivity index (χ0n) is 10.7. The minimum atomic E-state index is -1.42. The topological polar surface area (TPSA) is 86.6 Å². The smallest absolute Gasteiger partial charge is 0.394 e. The summed E-state index contributed by atoms with van der Waals surface area (Å²) in [5, 5.41) is 16.6. The summed E-state index contributed by atoms with van der Waals surface area (Å²) >= 11 is 0. The number of hydrogen-bond acceptors (Lipinski definition) is 5. The first-order valence-corrected chi connectivity index (χ1v) is 6.12. The molecule has 1 fully saturated rings. The SMILES string of the molecule is CN(CC1CCCN1c1cccnn1)C(=O)C(=O)O. The number of hydrogen-bond donors (Lipinski definition) is 1. The van der Waals surface area contributed by atoms with Crippen molar-refractivity contribution in [2.24, 2.45) is 0 Å². The van der Waals surface area contributed by atoms with Crippen LogP contribution in [0.4, 0.5) is 5.82 Å². The molecule has 1 N–H and O–H groups in total.